The second-order valence-electron chi connectivity index (χ2n) is 4.32. The molecule has 2 nitrogen and oxygen atoms in total. The molecule has 2 aromatic rings. The largest absolute Gasteiger partial charge is 0.314 e. The van der Waals surface area contributed by atoms with E-state index in [1.165, 1.54) is 12.1 Å². The van der Waals surface area contributed by atoms with Crippen LogP contribution in [0.4, 0.5) is 8.78 Å². The van der Waals surface area contributed by atoms with Gasteiger partial charge in [0.2, 0.25) is 0 Å². The minimum atomic E-state index is -0.541. The summed E-state index contributed by atoms with van der Waals surface area (Å²) in [5, 5.41) is 6.27. The van der Waals surface area contributed by atoms with Crippen molar-refractivity contribution in [1.82, 2.24) is 10.3 Å². The van der Waals surface area contributed by atoms with Crippen LogP contribution in [-0.2, 0) is 12.8 Å². The van der Waals surface area contributed by atoms with Gasteiger partial charge in [-0.15, -0.1) is 11.3 Å². The average Bonchev–Trinajstić information content (AvgIpc) is 2.86. The van der Waals surface area contributed by atoms with E-state index in [4.69, 9.17) is 0 Å². The zero-order chi connectivity index (χ0) is 13.7. The number of likely N-dealkylation sites (N-methyl/N-ethyl adjacent to an activating group) is 1. The van der Waals surface area contributed by atoms with Crippen molar-refractivity contribution in [2.75, 3.05) is 6.54 Å². The normalized spacial score (nSPS) is 12.6. The van der Waals surface area contributed by atoms with Gasteiger partial charge in [-0.1, -0.05) is 13.0 Å². The SMILES string of the molecule is CCNC(Cc1nccs1)Cc1ccc(F)cc1F. The Labute approximate surface area is 115 Å². The third kappa shape index (κ3) is 4.08. The molecule has 1 heterocycles. The predicted octanol–water partition coefficient (Wildman–Crippen LogP) is 3.18. The number of halogens is 2. The van der Waals surface area contributed by atoms with Crippen LogP contribution in [0, 0.1) is 11.6 Å². The number of thiazole rings is 1. The highest BCUT2D eigenvalue weighted by Gasteiger charge is 2.14. The van der Waals surface area contributed by atoms with Crippen LogP contribution in [0.1, 0.15) is 17.5 Å². The number of nitrogens with one attached hydrogen (secondary N) is 1. The quantitative estimate of drug-likeness (QED) is 0.880. The molecule has 2 rings (SSSR count). The summed E-state index contributed by atoms with van der Waals surface area (Å²) in [4.78, 5) is 4.24. The highest BCUT2D eigenvalue weighted by Crippen LogP contribution is 2.15. The molecule has 1 N–H and O–H groups in total. The third-order valence-electron chi connectivity index (χ3n) is 2.88. The highest BCUT2D eigenvalue weighted by atomic mass is 32.1. The van der Waals surface area contributed by atoms with Crippen molar-refractivity contribution >= 4 is 11.3 Å². The molecular formula is C14H16F2N2S. The Hall–Kier alpha value is -1.33. The van der Waals surface area contributed by atoms with E-state index in [0.29, 0.717) is 12.0 Å². The first-order chi connectivity index (χ1) is 9.19. The van der Waals surface area contributed by atoms with Gasteiger partial charge in [-0.3, -0.25) is 0 Å². The van der Waals surface area contributed by atoms with Gasteiger partial charge in [0.1, 0.15) is 11.6 Å². The van der Waals surface area contributed by atoms with E-state index >= 15 is 0 Å². The van der Waals surface area contributed by atoms with Gasteiger partial charge < -0.3 is 5.32 Å². The molecule has 0 aliphatic carbocycles. The predicted molar refractivity (Wildman–Crippen MR) is 73.3 cm³/mol. The molecule has 0 saturated heterocycles. The van der Waals surface area contributed by atoms with Gasteiger partial charge in [0.05, 0.1) is 5.01 Å². The van der Waals surface area contributed by atoms with Crippen molar-refractivity contribution < 1.29 is 8.78 Å². The maximum atomic E-state index is 13.6. The smallest absolute Gasteiger partial charge is 0.129 e. The minimum Gasteiger partial charge on any atom is -0.314 e. The fourth-order valence-corrected chi connectivity index (χ4v) is 2.72. The molecule has 1 unspecified atom stereocenters. The minimum absolute atomic E-state index is 0.108. The first-order valence-corrected chi connectivity index (χ1v) is 7.12. The van der Waals surface area contributed by atoms with Crippen molar-refractivity contribution in [2.45, 2.75) is 25.8 Å². The topological polar surface area (TPSA) is 24.9 Å². The van der Waals surface area contributed by atoms with Gasteiger partial charge in [0, 0.05) is 30.1 Å². The molecule has 19 heavy (non-hydrogen) atoms. The molecule has 102 valence electrons. The second-order valence-corrected chi connectivity index (χ2v) is 5.30. The van der Waals surface area contributed by atoms with E-state index in [1.54, 1.807) is 17.5 Å². The Morgan fingerprint density at radius 2 is 2.16 bits per heavy atom. The summed E-state index contributed by atoms with van der Waals surface area (Å²) in [6.45, 7) is 2.81. The average molecular weight is 282 g/mol. The number of hydrogen-bond acceptors (Lipinski definition) is 3. The standard InChI is InChI=1S/C14H16F2N2S/c1-2-17-12(9-14-18-5-6-19-14)7-10-3-4-11(15)8-13(10)16/h3-6,8,12,17H,2,7,9H2,1H3. The maximum absolute atomic E-state index is 13.6. The number of nitrogens with zero attached hydrogens (tertiary/aromatic N) is 1. The van der Waals surface area contributed by atoms with Gasteiger partial charge >= 0.3 is 0 Å². The molecule has 0 amide bonds. The molecule has 0 spiro atoms. The molecule has 1 aromatic carbocycles. The molecule has 0 aliphatic rings. The number of hydrogen-bond donors (Lipinski definition) is 1. The number of aromatic nitrogens is 1. The number of benzene rings is 1. The van der Waals surface area contributed by atoms with Gasteiger partial charge in [-0.25, -0.2) is 13.8 Å². The summed E-state index contributed by atoms with van der Waals surface area (Å²) in [6.07, 6.45) is 3.04. The second kappa shape index (κ2) is 6.73. The maximum Gasteiger partial charge on any atom is 0.129 e. The molecule has 0 radical (unpaired) electrons. The number of rotatable bonds is 6. The van der Waals surface area contributed by atoms with Gasteiger partial charge in [-0.05, 0) is 24.6 Å². The van der Waals surface area contributed by atoms with Crippen molar-refractivity contribution in [1.29, 1.82) is 0 Å². The van der Waals surface area contributed by atoms with Crippen LogP contribution < -0.4 is 5.32 Å². The summed E-state index contributed by atoms with van der Waals surface area (Å²) in [6, 6.07) is 3.85. The Morgan fingerprint density at radius 3 is 2.79 bits per heavy atom. The lowest BCUT2D eigenvalue weighted by molar-refractivity contribution is 0.501. The summed E-state index contributed by atoms with van der Waals surface area (Å²) < 4.78 is 26.5. The van der Waals surface area contributed by atoms with E-state index in [2.05, 4.69) is 10.3 Å². The van der Waals surface area contributed by atoms with E-state index < -0.39 is 11.6 Å². The first-order valence-electron chi connectivity index (χ1n) is 6.24. The molecular weight excluding hydrogens is 266 g/mol. The lowest BCUT2D eigenvalue weighted by Crippen LogP contribution is -2.33. The molecule has 1 atom stereocenters. The molecule has 0 saturated carbocycles. The summed E-state index contributed by atoms with van der Waals surface area (Å²) >= 11 is 1.59. The van der Waals surface area contributed by atoms with Crippen molar-refractivity contribution in [3.05, 3.63) is 52.0 Å². The zero-order valence-corrected chi connectivity index (χ0v) is 11.5. The third-order valence-corrected chi connectivity index (χ3v) is 3.68. The molecule has 0 fully saturated rings. The first kappa shape index (κ1) is 14.1. The van der Waals surface area contributed by atoms with Crippen LogP contribution in [-0.4, -0.2) is 17.6 Å². The summed E-state index contributed by atoms with van der Waals surface area (Å²) in [7, 11) is 0. The van der Waals surface area contributed by atoms with E-state index in [9.17, 15) is 8.78 Å². The Morgan fingerprint density at radius 1 is 1.32 bits per heavy atom. The summed E-state index contributed by atoms with van der Waals surface area (Å²) in [5.41, 5.74) is 0.531. The van der Waals surface area contributed by atoms with Crippen molar-refractivity contribution in [3.8, 4) is 0 Å². The Kier molecular flexibility index (Phi) is 4.99. The van der Waals surface area contributed by atoms with Gasteiger partial charge in [0.25, 0.3) is 0 Å². The molecule has 5 heteroatoms. The van der Waals surface area contributed by atoms with E-state index in [-0.39, 0.29) is 6.04 Å². The van der Waals surface area contributed by atoms with Gasteiger partial charge in [0.15, 0.2) is 0 Å². The van der Waals surface area contributed by atoms with Gasteiger partial charge in [-0.2, -0.15) is 0 Å². The van der Waals surface area contributed by atoms with Crippen LogP contribution in [0.5, 0.6) is 0 Å². The van der Waals surface area contributed by atoms with E-state index in [0.717, 1.165) is 24.0 Å². The van der Waals surface area contributed by atoms with Crippen molar-refractivity contribution in [2.24, 2.45) is 0 Å². The van der Waals surface area contributed by atoms with E-state index in [1.807, 2.05) is 12.3 Å². The fraction of sp³-hybridized carbons (Fsp3) is 0.357. The lowest BCUT2D eigenvalue weighted by atomic mass is 10.0. The fourth-order valence-electron chi connectivity index (χ4n) is 2.02. The van der Waals surface area contributed by atoms with Crippen molar-refractivity contribution in [3.63, 3.8) is 0 Å². The summed E-state index contributed by atoms with van der Waals surface area (Å²) in [5.74, 6) is -1.02. The van der Waals surface area contributed by atoms with Crippen LogP contribution in [0.2, 0.25) is 0 Å². The van der Waals surface area contributed by atoms with Crippen LogP contribution in [0.25, 0.3) is 0 Å². The molecule has 1 aromatic heterocycles. The highest BCUT2D eigenvalue weighted by molar-refractivity contribution is 7.09. The lowest BCUT2D eigenvalue weighted by Gasteiger charge is -2.17. The van der Waals surface area contributed by atoms with Crippen LogP contribution in [0.3, 0.4) is 0 Å². The molecule has 0 aliphatic heterocycles. The zero-order valence-electron chi connectivity index (χ0n) is 10.7. The van der Waals surface area contributed by atoms with Crippen LogP contribution in [0.15, 0.2) is 29.8 Å². The molecule has 0 bridgehead atoms. The Balaban J connectivity index is 2.07. The van der Waals surface area contributed by atoms with Crippen LogP contribution >= 0.6 is 11.3 Å². The Bertz CT molecular complexity index is 514. The monoisotopic (exact) mass is 282 g/mol.